The zero-order valence-corrected chi connectivity index (χ0v) is 23.5. The first kappa shape index (κ1) is 28.3. The molecular weight excluding hydrogens is 544 g/mol. The fourth-order valence-electron chi connectivity index (χ4n) is 6.35. The molecule has 212 valence electrons. The van der Waals surface area contributed by atoms with Gasteiger partial charge in [-0.3, -0.25) is 35.3 Å². The Kier molecular flexibility index (Phi) is 7.35. The van der Waals surface area contributed by atoms with Crippen molar-refractivity contribution in [1.82, 2.24) is 9.80 Å². The number of amides is 2. The lowest BCUT2D eigenvalue weighted by Gasteiger charge is -2.38. The van der Waals surface area contributed by atoms with Crippen molar-refractivity contribution >= 4 is 23.4 Å². The van der Waals surface area contributed by atoms with Crippen LogP contribution in [0.25, 0.3) is 0 Å². The van der Waals surface area contributed by atoms with Gasteiger partial charge in [0.15, 0.2) is 17.3 Å². The van der Waals surface area contributed by atoms with Gasteiger partial charge in [0.2, 0.25) is 18.6 Å². The molecule has 3 aliphatic heterocycles. The first-order chi connectivity index (χ1) is 19.2. The van der Waals surface area contributed by atoms with E-state index in [2.05, 4.69) is 0 Å². The zero-order chi connectivity index (χ0) is 28.2. The molecule has 2 amide bonds. The third-order valence-electron chi connectivity index (χ3n) is 8.39. The lowest BCUT2D eigenvalue weighted by Crippen LogP contribution is -3.00. The van der Waals surface area contributed by atoms with Gasteiger partial charge in [-0.25, -0.2) is 0 Å². The van der Waals surface area contributed by atoms with E-state index in [-0.39, 0.29) is 55.7 Å². The Labute approximate surface area is 244 Å². The van der Waals surface area contributed by atoms with Crippen molar-refractivity contribution < 1.29 is 41.7 Å². The van der Waals surface area contributed by atoms with E-state index in [1.54, 1.807) is 36.4 Å². The maximum atomic E-state index is 14.1. The predicted octanol–water partition coefficient (Wildman–Crippen LogP) is -1.30. The topological polar surface area (TPSA) is 128 Å². The number of carbonyl (C=O) groups excluding carboxylic acids is 3. The van der Waals surface area contributed by atoms with E-state index in [1.165, 1.54) is 4.90 Å². The van der Waals surface area contributed by atoms with Crippen LogP contribution in [0.1, 0.15) is 46.9 Å². The van der Waals surface area contributed by atoms with E-state index in [0.717, 1.165) is 11.1 Å². The van der Waals surface area contributed by atoms with Crippen LogP contribution in [0.3, 0.4) is 0 Å². The lowest BCUT2D eigenvalue weighted by atomic mass is 9.81. The molecule has 3 aromatic carbocycles. The third-order valence-corrected chi connectivity index (χ3v) is 8.39. The number of hydrogen-bond acceptors (Lipinski definition) is 6. The Balaban J connectivity index is 0.00000337. The van der Waals surface area contributed by atoms with Gasteiger partial charge in [0.1, 0.15) is 0 Å². The average Bonchev–Trinajstić information content (AvgIpc) is 3.58. The van der Waals surface area contributed by atoms with Crippen molar-refractivity contribution in [1.29, 1.82) is 0 Å². The number of imide groups is 1. The van der Waals surface area contributed by atoms with Crippen molar-refractivity contribution in [3.8, 4) is 11.5 Å². The number of fused-ring (bicyclic) bond motifs is 2. The Morgan fingerprint density at radius 3 is 2.32 bits per heavy atom. The van der Waals surface area contributed by atoms with Gasteiger partial charge in [0, 0.05) is 17.1 Å². The number of nitrogens with two attached hydrogens (primary N) is 2. The molecule has 4 N–H and O–H groups in total. The van der Waals surface area contributed by atoms with Gasteiger partial charge in [0.25, 0.3) is 5.84 Å². The van der Waals surface area contributed by atoms with E-state index in [1.807, 2.05) is 55.1 Å². The number of amidine groups is 1. The van der Waals surface area contributed by atoms with E-state index in [0.29, 0.717) is 22.6 Å². The summed E-state index contributed by atoms with van der Waals surface area (Å²) >= 11 is 0. The summed E-state index contributed by atoms with van der Waals surface area (Å²) in [6, 6.07) is 21.3. The Hall–Kier alpha value is -4.21. The first-order valence-corrected chi connectivity index (χ1v) is 13.2. The number of benzene rings is 3. The van der Waals surface area contributed by atoms with Crippen LogP contribution in [0.4, 0.5) is 0 Å². The predicted molar refractivity (Wildman–Crippen MR) is 146 cm³/mol. The highest BCUT2D eigenvalue weighted by molar-refractivity contribution is 6.07. The highest BCUT2D eigenvalue weighted by Gasteiger charge is 2.65. The van der Waals surface area contributed by atoms with E-state index < -0.39 is 23.4 Å². The first-order valence-electron chi connectivity index (χ1n) is 13.2. The number of Topliss-reactive ketones (excluding diaryl/α,β-unsaturated/α-hetero) is 1. The molecule has 3 aromatic rings. The van der Waals surface area contributed by atoms with Crippen LogP contribution in [0.15, 0.2) is 72.8 Å². The van der Waals surface area contributed by atoms with Gasteiger partial charge in [0.05, 0.1) is 30.5 Å². The number of ether oxygens (including phenoxy) is 2. The molecule has 0 saturated carbocycles. The summed E-state index contributed by atoms with van der Waals surface area (Å²) in [5.74, 6) is -0.447. The molecular formula is C31H31ClN4O5. The summed E-state index contributed by atoms with van der Waals surface area (Å²) in [6.45, 7) is 4.22. The maximum absolute atomic E-state index is 14.1. The highest BCUT2D eigenvalue weighted by Crippen LogP contribution is 2.55. The molecule has 2 saturated heterocycles. The molecule has 6 rings (SSSR count). The number of ketones is 1. The van der Waals surface area contributed by atoms with Gasteiger partial charge in [-0.2, -0.15) is 0 Å². The quantitative estimate of drug-likeness (QED) is 0.155. The SMILES string of the molecule is CC1(C)[C@@H]2C(=O)N(Cc3ccc4c(c3)OCO4)C(=O)[C@@H]2[C@H](c2ccc(C(N)=[NH2+])cc2)N1CC(=O)c1ccccc1.[Cl-]. The molecule has 0 spiro atoms. The van der Waals surface area contributed by atoms with Gasteiger partial charge < -0.3 is 21.9 Å². The molecule has 3 heterocycles. The van der Waals surface area contributed by atoms with Crippen molar-refractivity contribution in [2.75, 3.05) is 13.3 Å². The number of likely N-dealkylation sites (tertiary alicyclic amines) is 2. The summed E-state index contributed by atoms with van der Waals surface area (Å²) < 4.78 is 10.9. The van der Waals surface area contributed by atoms with Crippen LogP contribution >= 0.6 is 0 Å². The number of carbonyl (C=O) groups is 3. The van der Waals surface area contributed by atoms with Gasteiger partial charge >= 0.3 is 0 Å². The summed E-state index contributed by atoms with van der Waals surface area (Å²) in [5.41, 5.74) is 7.84. The van der Waals surface area contributed by atoms with Crippen LogP contribution < -0.4 is 33.0 Å². The smallest absolute Gasteiger partial charge is 0.270 e. The standard InChI is InChI=1S/C31H30N4O5.ClH/c1-31(2)26-25(29(37)34(30(26)38)15-18-8-13-23-24(14-18)40-17-39-23)27(20-9-11-21(12-10-20)28(32)33)35(31)16-22(36)19-6-4-3-5-7-19;/h3-14,25-27H,15-17H2,1-2H3,(H3,32,33);1H/t25-,26-,27-;/m0./s1. The fraction of sp³-hybridized carbons (Fsp3) is 0.290. The summed E-state index contributed by atoms with van der Waals surface area (Å²) in [5, 5.41) is 5.79. The van der Waals surface area contributed by atoms with Crippen molar-refractivity contribution in [3.05, 3.63) is 95.1 Å². The van der Waals surface area contributed by atoms with E-state index in [4.69, 9.17) is 20.6 Å². The molecule has 0 radical (unpaired) electrons. The third kappa shape index (κ3) is 4.75. The molecule has 2 fully saturated rings. The second-order valence-corrected chi connectivity index (χ2v) is 11.0. The van der Waals surface area contributed by atoms with Crippen LogP contribution in [-0.2, 0) is 16.1 Å². The second-order valence-electron chi connectivity index (χ2n) is 11.0. The summed E-state index contributed by atoms with van der Waals surface area (Å²) in [4.78, 5) is 44.8. The monoisotopic (exact) mass is 574 g/mol. The highest BCUT2D eigenvalue weighted by atomic mass is 35.5. The molecule has 10 heteroatoms. The van der Waals surface area contributed by atoms with Crippen LogP contribution in [-0.4, -0.2) is 52.1 Å². The molecule has 0 bridgehead atoms. The average molecular weight is 575 g/mol. The van der Waals surface area contributed by atoms with Crippen LogP contribution in [0.2, 0.25) is 0 Å². The molecule has 9 nitrogen and oxygen atoms in total. The molecule has 0 unspecified atom stereocenters. The Bertz CT molecular complexity index is 1530. The van der Waals surface area contributed by atoms with Gasteiger partial charge in [-0.05, 0) is 49.2 Å². The van der Waals surface area contributed by atoms with Crippen molar-refractivity contribution in [2.24, 2.45) is 17.6 Å². The van der Waals surface area contributed by atoms with Crippen molar-refractivity contribution in [2.45, 2.75) is 32.0 Å². The lowest BCUT2D eigenvalue weighted by molar-refractivity contribution is -0.143. The summed E-state index contributed by atoms with van der Waals surface area (Å²) in [6.07, 6.45) is 0. The number of rotatable bonds is 7. The maximum Gasteiger partial charge on any atom is 0.270 e. The minimum absolute atomic E-state index is 0. The summed E-state index contributed by atoms with van der Waals surface area (Å²) in [7, 11) is 0. The number of hydrogen-bond donors (Lipinski definition) is 2. The van der Waals surface area contributed by atoms with E-state index >= 15 is 0 Å². The molecule has 3 atom stereocenters. The molecule has 3 aliphatic rings. The minimum Gasteiger partial charge on any atom is -1.00 e. The Morgan fingerprint density at radius 1 is 0.951 bits per heavy atom. The molecule has 0 aliphatic carbocycles. The minimum atomic E-state index is -0.784. The van der Waals surface area contributed by atoms with Gasteiger partial charge in [-0.15, -0.1) is 0 Å². The number of nitrogens with zero attached hydrogens (tertiary/aromatic N) is 2. The normalized spacial score (nSPS) is 22.4. The van der Waals surface area contributed by atoms with Crippen molar-refractivity contribution in [3.63, 3.8) is 0 Å². The number of halogens is 1. The van der Waals surface area contributed by atoms with E-state index in [9.17, 15) is 14.4 Å². The largest absolute Gasteiger partial charge is 1.00 e. The van der Waals surface area contributed by atoms with Gasteiger partial charge in [-0.1, -0.05) is 48.5 Å². The van der Waals surface area contributed by atoms with Crippen LogP contribution in [0.5, 0.6) is 11.5 Å². The zero-order valence-electron chi connectivity index (χ0n) is 22.7. The van der Waals surface area contributed by atoms with Crippen LogP contribution in [0, 0.1) is 11.8 Å². The molecule has 0 aromatic heterocycles. The fourth-order valence-corrected chi connectivity index (χ4v) is 6.35. The second kappa shape index (κ2) is 10.6. The Morgan fingerprint density at radius 2 is 1.63 bits per heavy atom. The molecule has 41 heavy (non-hydrogen) atoms.